The number of esters is 1. The molecule has 4 rings (SSSR count). The molecule has 0 aliphatic heterocycles. The van der Waals surface area contributed by atoms with Crippen molar-refractivity contribution in [2.45, 2.75) is 60.1 Å². The van der Waals surface area contributed by atoms with Crippen molar-refractivity contribution < 1.29 is 42.9 Å². The lowest BCUT2D eigenvalue weighted by molar-refractivity contribution is -0.156. The van der Waals surface area contributed by atoms with E-state index in [0.717, 1.165) is 29.9 Å². The third-order valence-corrected chi connectivity index (χ3v) is 10.5. The first kappa shape index (κ1) is 52.9. The zero-order valence-electron chi connectivity index (χ0n) is 40.2. The van der Waals surface area contributed by atoms with Gasteiger partial charge in [-0.15, -0.1) is 0 Å². The van der Waals surface area contributed by atoms with Gasteiger partial charge in [-0.25, -0.2) is 0 Å². The van der Waals surface area contributed by atoms with Crippen LogP contribution in [-0.2, 0) is 35.0 Å². The Hall–Kier alpha value is -5.71. The average molecular weight is 911 g/mol. The Morgan fingerprint density at radius 3 is 2.06 bits per heavy atom. The number of methoxy groups -OCH3 is 1. The van der Waals surface area contributed by atoms with Gasteiger partial charge in [0.25, 0.3) is 17.7 Å². The molecule has 0 bridgehead atoms. The number of aromatic nitrogens is 1. The van der Waals surface area contributed by atoms with Crippen molar-refractivity contribution >= 4 is 35.1 Å². The average Bonchev–Trinajstić information content (AvgIpc) is 3.30. The van der Waals surface area contributed by atoms with Gasteiger partial charge in [0.15, 0.2) is 0 Å². The summed E-state index contributed by atoms with van der Waals surface area (Å²) >= 11 is 0. The van der Waals surface area contributed by atoms with E-state index in [-0.39, 0.29) is 30.8 Å². The van der Waals surface area contributed by atoms with Gasteiger partial charge in [-0.2, -0.15) is 0 Å². The molecule has 15 heteroatoms. The summed E-state index contributed by atoms with van der Waals surface area (Å²) in [4.78, 5) is 63.3. The molecule has 0 unspecified atom stereocenters. The predicted molar refractivity (Wildman–Crippen MR) is 258 cm³/mol. The first-order chi connectivity index (χ1) is 31.7. The summed E-state index contributed by atoms with van der Waals surface area (Å²) in [5.74, 6) is -1.14. The second kappa shape index (κ2) is 27.7. The van der Waals surface area contributed by atoms with Crippen molar-refractivity contribution in [1.82, 2.24) is 20.1 Å². The Morgan fingerprint density at radius 2 is 1.36 bits per heavy atom. The molecular weight excluding hydrogens is 841 g/mol. The predicted octanol–water partition coefficient (Wildman–Crippen LogP) is 6.89. The Morgan fingerprint density at radius 1 is 0.697 bits per heavy atom. The van der Waals surface area contributed by atoms with Crippen LogP contribution in [0.15, 0.2) is 85.1 Å². The minimum atomic E-state index is -0.511. The monoisotopic (exact) mass is 911 g/mol. The van der Waals surface area contributed by atoms with Crippen LogP contribution in [0, 0.1) is 6.92 Å². The second-order valence-corrected chi connectivity index (χ2v) is 16.8. The number of hydrogen-bond donors (Lipinski definition) is 2. The Bertz CT molecular complexity index is 2160. The van der Waals surface area contributed by atoms with E-state index in [0.29, 0.717) is 106 Å². The quantitative estimate of drug-likeness (QED) is 0.0450. The summed E-state index contributed by atoms with van der Waals surface area (Å²) < 4.78 is 27.4. The Labute approximate surface area is 391 Å². The lowest BCUT2D eigenvalue weighted by Gasteiger charge is -2.25. The molecule has 0 atom stereocenters. The van der Waals surface area contributed by atoms with Crippen LogP contribution in [0.25, 0.3) is 11.3 Å². The number of benzene rings is 3. The summed E-state index contributed by atoms with van der Waals surface area (Å²) in [6, 6.07) is 23.8. The highest BCUT2D eigenvalue weighted by Gasteiger charge is 2.20. The van der Waals surface area contributed by atoms with Gasteiger partial charge in [0.1, 0.15) is 5.60 Å². The third kappa shape index (κ3) is 18.3. The van der Waals surface area contributed by atoms with Crippen molar-refractivity contribution in [1.29, 1.82) is 0 Å². The third-order valence-electron chi connectivity index (χ3n) is 10.5. The Kier molecular flexibility index (Phi) is 22.2. The zero-order chi connectivity index (χ0) is 47.9. The molecule has 1 aromatic heterocycles. The number of likely N-dealkylation sites (N-methyl/N-ethyl adjacent to an activating group) is 1. The molecule has 0 aliphatic carbocycles. The van der Waals surface area contributed by atoms with Crippen molar-refractivity contribution in [3.05, 3.63) is 113 Å². The summed E-state index contributed by atoms with van der Waals surface area (Å²) in [6.07, 6.45) is 1.79. The molecule has 15 nitrogen and oxygen atoms in total. The van der Waals surface area contributed by atoms with Crippen molar-refractivity contribution in [2.75, 3.05) is 110 Å². The summed E-state index contributed by atoms with van der Waals surface area (Å²) in [5.41, 5.74) is 5.40. The zero-order valence-corrected chi connectivity index (χ0v) is 40.2. The summed E-state index contributed by atoms with van der Waals surface area (Å²) in [6.45, 7) is 18.8. The fraction of sp³-hybridized carbons (Fsp3) is 0.471. The maximum atomic E-state index is 13.9. The number of ether oxygens (including phenoxy) is 5. The van der Waals surface area contributed by atoms with Crippen LogP contribution < -0.4 is 15.5 Å². The number of aryl methyl sites for hydroxylation is 1. The molecule has 4 aromatic rings. The number of nitrogens with one attached hydrogen (secondary N) is 2. The smallest absolute Gasteiger partial charge is 0.308 e. The number of rotatable bonds is 28. The van der Waals surface area contributed by atoms with Gasteiger partial charge in [-0.05, 0) is 95.6 Å². The van der Waals surface area contributed by atoms with Crippen LogP contribution in [0.2, 0.25) is 0 Å². The van der Waals surface area contributed by atoms with Gasteiger partial charge >= 0.3 is 5.97 Å². The fourth-order valence-electron chi connectivity index (χ4n) is 6.90. The van der Waals surface area contributed by atoms with Crippen LogP contribution in [0.3, 0.4) is 0 Å². The van der Waals surface area contributed by atoms with E-state index in [9.17, 15) is 19.2 Å². The van der Waals surface area contributed by atoms with Crippen LogP contribution in [0.5, 0.6) is 0 Å². The largest absolute Gasteiger partial charge is 0.460 e. The van der Waals surface area contributed by atoms with Crippen LogP contribution >= 0.6 is 0 Å². The molecule has 66 heavy (non-hydrogen) atoms. The van der Waals surface area contributed by atoms with Crippen molar-refractivity contribution in [2.24, 2.45) is 0 Å². The van der Waals surface area contributed by atoms with Crippen LogP contribution in [0.1, 0.15) is 83.2 Å². The topological polar surface area (TPSA) is 161 Å². The molecule has 0 radical (unpaired) electrons. The van der Waals surface area contributed by atoms with Gasteiger partial charge in [0.2, 0.25) is 0 Å². The van der Waals surface area contributed by atoms with Crippen molar-refractivity contribution in [3.8, 4) is 11.3 Å². The highest BCUT2D eigenvalue weighted by atomic mass is 16.6. The molecule has 0 saturated heterocycles. The molecule has 3 amide bonds. The fourth-order valence-corrected chi connectivity index (χ4v) is 6.90. The number of anilines is 2. The number of pyridine rings is 1. The number of carbonyl (C=O) groups is 4. The summed E-state index contributed by atoms with van der Waals surface area (Å²) in [5, 5.41) is 6.06. The molecule has 1 heterocycles. The van der Waals surface area contributed by atoms with E-state index in [1.165, 1.54) is 0 Å². The van der Waals surface area contributed by atoms with Crippen LogP contribution in [-0.4, -0.2) is 144 Å². The first-order valence-electron chi connectivity index (χ1n) is 22.7. The Balaban J connectivity index is 1.32. The van der Waals surface area contributed by atoms with E-state index in [1.807, 2.05) is 70.2 Å². The number of nitrogens with zero attached hydrogens (tertiary/aromatic N) is 4. The highest BCUT2D eigenvalue weighted by Crippen LogP contribution is 2.32. The van der Waals surface area contributed by atoms with Gasteiger partial charge in [-0.1, -0.05) is 35.9 Å². The normalized spacial score (nSPS) is 11.3. The highest BCUT2D eigenvalue weighted by molar-refractivity contribution is 6.08. The summed E-state index contributed by atoms with van der Waals surface area (Å²) in [7, 11) is 3.39. The number of hydrogen-bond acceptors (Lipinski definition) is 12. The van der Waals surface area contributed by atoms with Gasteiger partial charge in [0.05, 0.1) is 64.1 Å². The van der Waals surface area contributed by atoms with Gasteiger partial charge in [0, 0.05) is 94.1 Å². The van der Waals surface area contributed by atoms with Gasteiger partial charge < -0.3 is 44.1 Å². The maximum absolute atomic E-state index is 13.9. The maximum Gasteiger partial charge on any atom is 0.308 e. The molecule has 358 valence electrons. The van der Waals surface area contributed by atoms with E-state index in [2.05, 4.69) is 39.3 Å². The SMILES string of the molecule is CCN(CC)c1ccc(NC(=O)c2cccc(C(=O)N(C)CCN(CCOC)CCOCCOCCOCCC(=O)OC(C)(C)C)c2)c(-c2cc(C(=O)NCc3cccc(C)c3)ccn2)c1. The lowest BCUT2D eigenvalue weighted by atomic mass is 10.0. The molecule has 0 saturated carbocycles. The lowest BCUT2D eigenvalue weighted by Crippen LogP contribution is -2.39. The van der Waals surface area contributed by atoms with Gasteiger partial charge in [-0.3, -0.25) is 29.1 Å². The van der Waals surface area contributed by atoms with Crippen LogP contribution in [0.4, 0.5) is 11.4 Å². The first-order valence-corrected chi connectivity index (χ1v) is 22.7. The van der Waals surface area contributed by atoms with E-state index in [1.54, 1.807) is 61.7 Å². The standard InChI is InChI=1S/C51H70N6O9/c1-9-57(10-2)43-17-18-45(44(36-43)46-35-41(19-21-52-46)48(59)53-37-39-14-11-13-38(3)33-39)54-49(60)40-15-12-16-42(34-40)50(61)55(7)22-23-56(24-27-62-8)25-28-64-30-32-65-31-29-63-26-20-47(58)66-51(4,5)6/h11-19,21,33-36H,9-10,20,22-32,37H2,1-8H3,(H,53,59)(H,54,60). The molecule has 3 aromatic carbocycles. The number of carbonyl (C=O) groups excluding carboxylic acids is 4. The second-order valence-electron chi connectivity index (χ2n) is 16.8. The molecule has 2 N–H and O–H groups in total. The van der Waals surface area contributed by atoms with E-state index >= 15 is 0 Å². The number of amides is 3. The molecular formula is C51H70N6O9. The molecule has 0 fully saturated rings. The molecule has 0 spiro atoms. The van der Waals surface area contributed by atoms with E-state index < -0.39 is 11.5 Å². The van der Waals surface area contributed by atoms with E-state index in [4.69, 9.17) is 23.7 Å². The molecule has 0 aliphatic rings. The minimum absolute atomic E-state index is 0.196. The van der Waals surface area contributed by atoms with Crippen molar-refractivity contribution in [3.63, 3.8) is 0 Å². The minimum Gasteiger partial charge on any atom is -0.460 e.